The van der Waals surface area contributed by atoms with Gasteiger partial charge in [0, 0.05) is 38.9 Å². The van der Waals surface area contributed by atoms with Crippen molar-refractivity contribution >= 4 is 11.8 Å². The molecular weight excluding hydrogens is 366 g/mol. The van der Waals surface area contributed by atoms with Crippen LogP contribution < -0.4 is 19.7 Å². The van der Waals surface area contributed by atoms with E-state index in [-0.39, 0.29) is 0 Å². The van der Waals surface area contributed by atoms with Crippen LogP contribution in [0.1, 0.15) is 19.4 Å². The standard InChI is InChI=1S/C22H31N5O2/c1-4-23-22(25-17-18-9-10-19(29-5-2)20(16-18)28-3)27-14-12-26(13-15-27)21-8-6-7-11-24-21/h6-11,16H,4-5,12-15,17H2,1-3H3,(H,23,25). The predicted molar refractivity (Wildman–Crippen MR) is 117 cm³/mol. The van der Waals surface area contributed by atoms with Crippen LogP contribution in [-0.2, 0) is 6.54 Å². The summed E-state index contributed by atoms with van der Waals surface area (Å²) in [5.41, 5.74) is 1.09. The molecule has 1 fully saturated rings. The fraction of sp³-hybridized carbons (Fsp3) is 0.455. The molecule has 3 rings (SSSR count). The van der Waals surface area contributed by atoms with Crippen LogP contribution in [-0.4, -0.2) is 62.3 Å². The van der Waals surface area contributed by atoms with E-state index < -0.39 is 0 Å². The number of hydrogen-bond donors (Lipinski definition) is 1. The Morgan fingerprint density at radius 2 is 1.93 bits per heavy atom. The smallest absolute Gasteiger partial charge is 0.194 e. The quantitative estimate of drug-likeness (QED) is 0.573. The molecule has 156 valence electrons. The second-order valence-electron chi connectivity index (χ2n) is 6.75. The molecule has 0 atom stereocenters. The number of benzene rings is 1. The lowest BCUT2D eigenvalue weighted by Gasteiger charge is -2.37. The topological polar surface area (TPSA) is 62.2 Å². The van der Waals surface area contributed by atoms with Crippen molar-refractivity contribution in [1.29, 1.82) is 0 Å². The zero-order valence-electron chi connectivity index (χ0n) is 17.6. The highest BCUT2D eigenvalue weighted by atomic mass is 16.5. The Balaban J connectivity index is 1.64. The third-order valence-electron chi connectivity index (χ3n) is 4.83. The van der Waals surface area contributed by atoms with Crippen molar-refractivity contribution in [2.75, 3.05) is 51.3 Å². The van der Waals surface area contributed by atoms with Gasteiger partial charge in [-0.25, -0.2) is 9.98 Å². The first-order valence-electron chi connectivity index (χ1n) is 10.2. The van der Waals surface area contributed by atoms with E-state index in [1.807, 2.05) is 43.5 Å². The molecule has 0 saturated carbocycles. The number of guanidine groups is 1. The van der Waals surface area contributed by atoms with E-state index in [4.69, 9.17) is 14.5 Å². The average molecular weight is 398 g/mol. The van der Waals surface area contributed by atoms with E-state index in [9.17, 15) is 0 Å². The fourth-order valence-electron chi connectivity index (χ4n) is 3.37. The molecule has 2 heterocycles. The number of aliphatic imine (C=N–C) groups is 1. The van der Waals surface area contributed by atoms with Gasteiger partial charge in [0.25, 0.3) is 0 Å². The minimum absolute atomic E-state index is 0.589. The number of rotatable bonds is 7. The summed E-state index contributed by atoms with van der Waals surface area (Å²) in [5, 5.41) is 3.42. The van der Waals surface area contributed by atoms with Gasteiger partial charge < -0.3 is 24.6 Å². The van der Waals surface area contributed by atoms with E-state index in [0.29, 0.717) is 13.2 Å². The molecule has 7 nitrogen and oxygen atoms in total. The van der Waals surface area contributed by atoms with Crippen molar-refractivity contribution in [2.24, 2.45) is 4.99 Å². The van der Waals surface area contributed by atoms with Crippen molar-refractivity contribution in [3.63, 3.8) is 0 Å². The molecule has 0 radical (unpaired) electrons. The Morgan fingerprint density at radius 1 is 1.10 bits per heavy atom. The summed E-state index contributed by atoms with van der Waals surface area (Å²) in [6, 6.07) is 12.0. The highest BCUT2D eigenvalue weighted by molar-refractivity contribution is 5.80. The molecule has 0 amide bonds. The number of methoxy groups -OCH3 is 1. The molecule has 7 heteroatoms. The summed E-state index contributed by atoms with van der Waals surface area (Å²) in [7, 11) is 1.66. The van der Waals surface area contributed by atoms with Gasteiger partial charge in [0.2, 0.25) is 0 Å². The highest BCUT2D eigenvalue weighted by Gasteiger charge is 2.20. The summed E-state index contributed by atoms with van der Waals surface area (Å²) < 4.78 is 11.0. The van der Waals surface area contributed by atoms with Gasteiger partial charge >= 0.3 is 0 Å². The van der Waals surface area contributed by atoms with E-state index in [1.165, 1.54) is 0 Å². The van der Waals surface area contributed by atoms with Crippen LogP contribution >= 0.6 is 0 Å². The zero-order valence-corrected chi connectivity index (χ0v) is 17.6. The van der Waals surface area contributed by atoms with Gasteiger partial charge in [0.1, 0.15) is 5.82 Å². The molecule has 1 aliphatic heterocycles. The van der Waals surface area contributed by atoms with E-state index in [0.717, 1.165) is 61.6 Å². The summed E-state index contributed by atoms with van der Waals surface area (Å²) in [4.78, 5) is 13.9. The monoisotopic (exact) mass is 397 g/mol. The Morgan fingerprint density at radius 3 is 2.59 bits per heavy atom. The van der Waals surface area contributed by atoms with Gasteiger partial charge in [-0.2, -0.15) is 0 Å². The van der Waals surface area contributed by atoms with Crippen molar-refractivity contribution in [1.82, 2.24) is 15.2 Å². The normalized spacial score (nSPS) is 14.7. The first kappa shape index (κ1) is 20.8. The van der Waals surface area contributed by atoms with Crippen LogP contribution in [0.25, 0.3) is 0 Å². The number of nitrogens with zero attached hydrogens (tertiary/aromatic N) is 4. The minimum atomic E-state index is 0.589. The van der Waals surface area contributed by atoms with E-state index in [1.54, 1.807) is 7.11 Å². The van der Waals surface area contributed by atoms with E-state index in [2.05, 4.69) is 33.1 Å². The molecular formula is C22H31N5O2. The van der Waals surface area contributed by atoms with Gasteiger partial charge in [-0.15, -0.1) is 0 Å². The molecule has 0 bridgehead atoms. The molecule has 29 heavy (non-hydrogen) atoms. The Hall–Kier alpha value is -2.96. The molecule has 1 saturated heterocycles. The zero-order chi connectivity index (χ0) is 20.5. The van der Waals surface area contributed by atoms with Crippen molar-refractivity contribution < 1.29 is 9.47 Å². The summed E-state index contributed by atoms with van der Waals surface area (Å²) in [6.07, 6.45) is 1.85. The second kappa shape index (κ2) is 10.5. The van der Waals surface area contributed by atoms with Crippen LogP contribution in [0.3, 0.4) is 0 Å². The Labute approximate surface area is 173 Å². The molecule has 0 aliphatic carbocycles. The number of anilines is 1. The van der Waals surface area contributed by atoms with Crippen molar-refractivity contribution in [3.8, 4) is 11.5 Å². The molecule has 1 aromatic heterocycles. The SMILES string of the molecule is CCNC(=NCc1ccc(OCC)c(OC)c1)N1CCN(c2ccccn2)CC1. The third-order valence-corrected chi connectivity index (χ3v) is 4.83. The predicted octanol–water partition coefficient (Wildman–Crippen LogP) is 2.78. The fourth-order valence-corrected chi connectivity index (χ4v) is 3.37. The van der Waals surface area contributed by atoms with Crippen molar-refractivity contribution in [3.05, 3.63) is 48.2 Å². The Kier molecular flexibility index (Phi) is 7.55. The summed E-state index contributed by atoms with van der Waals surface area (Å²) >= 11 is 0. The average Bonchev–Trinajstić information content (AvgIpc) is 2.78. The van der Waals surface area contributed by atoms with Crippen molar-refractivity contribution in [2.45, 2.75) is 20.4 Å². The molecule has 2 aromatic rings. The summed E-state index contributed by atoms with van der Waals surface area (Å²) in [6.45, 7) is 9.79. The number of piperazine rings is 1. The van der Waals surface area contributed by atoms with Crippen LogP contribution in [0.5, 0.6) is 11.5 Å². The number of nitrogens with one attached hydrogen (secondary N) is 1. The van der Waals surface area contributed by atoms with Gasteiger partial charge in [-0.05, 0) is 43.7 Å². The Bertz CT molecular complexity index is 789. The lowest BCUT2D eigenvalue weighted by Crippen LogP contribution is -2.52. The van der Waals surface area contributed by atoms with Gasteiger partial charge in [0.05, 0.1) is 20.3 Å². The minimum Gasteiger partial charge on any atom is -0.493 e. The maximum absolute atomic E-state index is 5.60. The highest BCUT2D eigenvalue weighted by Crippen LogP contribution is 2.28. The molecule has 1 N–H and O–H groups in total. The number of pyridine rings is 1. The molecule has 1 aliphatic rings. The molecule has 0 spiro atoms. The van der Waals surface area contributed by atoms with Gasteiger partial charge in [-0.1, -0.05) is 12.1 Å². The summed E-state index contributed by atoms with van der Waals surface area (Å²) in [5.74, 6) is 3.49. The lowest BCUT2D eigenvalue weighted by atomic mass is 10.2. The van der Waals surface area contributed by atoms with E-state index >= 15 is 0 Å². The van der Waals surface area contributed by atoms with Crippen LogP contribution in [0, 0.1) is 0 Å². The third kappa shape index (κ3) is 5.53. The number of aromatic nitrogens is 1. The number of hydrogen-bond acceptors (Lipinski definition) is 5. The second-order valence-corrected chi connectivity index (χ2v) is 6.75. The molecule has 1 aromatic carbocycles. The van der Waals surface area contributed by atoms with Crippen LogP contribution in [0.15, 0.2) is 47.6 Å². The lowest BCUT2D eigenvalue weighted by molar-refractivity contribution is 0.310. The van der Waals surface area contributed by atoms with Crippen LogP contribution in [0.2, 0.25) is 0 Å². The maximum Gasteiger partial charge on any atom is 0.194 e. The first-order valence-corrected chi connectivity index (χ1v) is 10.2. The molecule has 0 unspecified atom stereocenters. The maximum atomic E-state index is 5.60. The van der Waals surface area contributed by atoms with Gasteiger partial charge in [0.15, 0.2) is 17.5 Å². The first-order chi connectivity index (χ1) is 14.2. The van der Waals surface area contributed by atoms with Crippen LogP contribution in [0.4, 0.5) is 5.82 Å². The number of ether oxygens (including phenoxy) is 2. The largest absolute Gasteiger partial charge is 0.493 e. The van der Waals surface area contributed by atoms with Gasteiger partial charge in [-0.3, -0.25) is 0 Å².